The second-order valence-electron chi connectivity index (χ2n) is 7.90. The molecule has 0 atom stereocenters. The van der Waals surface area contributed by atoms with E-state index in [1.54, 1.807) is 0 Å². The highest BCUT2D eigenvalue weighted by Gasteiger charge is 2.18. The van der Waals surface area contributed by atoms with Gasteiger partial charge in [0, 0.05) is 51.6 Å². The van der Waals surface area contributed by atoms with E-state index in [0.29, 0.717) is 0 Å². The summed E-state index contributed by atoms with van der Waals surface area (Å²) in [6, 6.07) is 20.6. The first-order chi connectivity index (χ1) is 15.4. The molecule has 0 saturated heterocycles. The third-order valence-corrected chi connectivity index (χ3v) is 6.31. The Labute approximate surface area is 174 Å². The fourth-order valence-electron chi connectivity index (χ4n) is 4.97. The summed E-state index contributed by atoms with van der Waals surface area (Å²) in [6.07, 6.45) is 5.59. The lowest BCUT2D eigenvalue weighted by atomic mass is 10.0. The van der Waals surface area contributed by atoms with Crippen molar-refractivity contribution in [1.82, 2.24) is 14.4 Å². The van der Waals surface area contributed by atoms with Crippen LogP contribution in [0, 0.1) is 0 Å². The number of imidazole rings is 1. The molecule has 0 aliphatic rings. The lowest BCUT2D eigenvalue weighted by Crippen LogP contribution is -1.92. The maximum atomic E-state index is 6.30. The number of aromatic nitrogens is 3. The van der Waals surface area contributed by atoms with E-state index in [9.17, 15) is 0 Å². The van der Waals surface area contributed by atoms with Crippen molar-refractivity contribution in [2.75, 3.05) is 0 Å². The molecule has 8 aromatic rings. The zero-order valence-electron chi connectivity index (χ0n) is 16.2. The molecule has 31 heavy (non-hydrogen) atoms. The van der Waals surface area contributed by atoms with E-state index in [0.717, 1.165) is 71.3 Å². The number of hydrogen-bond acceptors (Lipinski definition) is 4. The van der Waals surface area contributed by atoms with E-state index in [2.05, 4.69) is 44.7 Å². The Morgan fingerprint density at radius 2 is 1.58 bits per heavy atom. The topological polar surface area (TPSA) is 56.5 Å². The van der Waals surface area contributed by atoms with Crippen molar-refractivity contribution in [2.24, 2.45) is 0 Å². The molecule has 5 nitrogen and oxygen atoms in total. The SMILES string of the molecule is c1ccc2c(c1)oc1c2ccc2oc3cc4c(cc3c21)c1cccnc1c1nccn41. The van der Waals surface area contributed by atoms with Crippen LogP contribution in [-0.4, -0.2) is 14.4 Å². The van der Waals surface area contributed by atoms with Crippen molar-refractivity contribution in [3.63, 3.8) is 0 Å². The monoisotopic (exact) mass is 399 g/mol. The normalized spacial score (nSPS) is 12.5. The molecule has 5 heterocycles. The molecule has 0 fully saturated rings. The second kappa shape index (κ2) is 5.21. The highest BCUT2D eigenvalue weighted by Crippen LogP contribution is 2.41. The zero-order chi connectivity index (χ0) is 20.1. The van der Waals surface area contributed by atoms with Crippen LogP contribution >= 0.6 is 0 Å². The van der Waals surface area contributed by atoms with E-state index in [1.165, 1.54) is 0 Å². The maximum absolute atomic E-state index is 6.30. The first kappa shape index (κ1) is 15.5. The van der Waals surface area contributed by atoms with Crippen molar-refractivity contribution in [2.45, 2.75) is 0 Å². The summed E-state index contributed by atoms with van der Waals surface area (Å²) in [5.41, 5.74) is 6.17. The highest BCUT2D eigenvalue weighted by molar-refractivity contribution is 6.24. The van der Waals surface area contributed by atoms with E-state index in [4.69, 9.17) is 8.83 Å². The molecule has 0 saturated carbocycles. The minimum atomic E-state index is 0.821. The Morgan fingerprint density at radius 3 is 2.58 bits per heavy atom. The van der Waals surface area contributed by atoms with Crippen LogP contribution in [0.3, 0.4) is 0 Å². The van der Waals surface area contributed by atoms with Gasteiger partial charge in [0.05, 0.1) is 10.9 Å². The van der Waals surface area contributed by atoms with Crippen molar-refractivity contribution in [1.29, 1.82) is 0 Å². The summed E-state index contributed by atoms with van der Waals surface area (Å²) in [5.74, 6) is 0. The molecule has 5 heteroatoms. The molecule has 0 N–H and O–H groups in total. The van der Waals surface area contributed by atoms with Crippen LogP contribution in [0.2, 0.25) is 0 Å². The largest absolute Gasteiger partial charge is 0.456 e. The van der Waals surface area contributed by atoms with E-state index < -0.39 is 0 Å². The summed E-state index contributed by atoms with van der Waals surface area (Å²) in [7, 11) is 0. The maximum Gasteiger partial charge on any atom is 0.163 e. The summed E-state index contributed by atoms with van der Waals surface area (Å²) in [4.78, 5) is 9.16. The first-order valence-electron chi connectivity index (χ1n) is 10.2. The summed E-state index contributed by atoms with van der Waals surface area (Å²) >= 11 is 0. The number of nitrogens with zero attached hydrogens (tertiary/aromatic N) is 3. The fourth-order valence-corrected chi connectivity index (χ4v) is 4.97. The Kier molecular flexibility index (Phi) is 2.60. The minimum absolute atomic E-state index is 0.821. The third-order valence-electron chi connectivity index (χ3n) is 6.31. The van der Waals surface area contributed by atoms with Gasteiger partial charge in [-0.2, -0.15) is 0 Å². The molecule has 0 amide bonds. The van der Waals surface area contributed by atoms with Gasteiger partial charge in [-0.05, 0) is 30.3 Å². The second-order valence-corrected chi connectivity index (χ2v) is 7.90. The van der Waals surface area contributed by atoms with Crippen LogP contribution in [0.1, 0.15) is 0 Å². The number of furan rings is 2. The molecule has 0 radical (unpaired) electrons. The first-order valence-corrected chi connectivity index (χ1v) is 10.2. The minimum Gasteiger partial charge on any atom is -0.456 e. The fraction of sp³-hybridized carbons (Fsp3) is 0. The Bertz CT molecular complexity index is 2010. The van der Waals surface area contributed by atoms with E-state index in [-0.39, 0.29) is 0 Å². The smallest absolute Gasteiger partial charge is 0.163 e. The third kappa shape index (κ3) is 1.82. The number of hydrogen-bond donors (Lipinski definition) is 0. The average Bonchev–Trinajstić information content (AvgIpc) is 3.52. The van der Waals surface area contributed by atoms with Crippen molar-refractivity contribution >= 4 is 71.3 Å². The van der Waals surface area contributed by atoms with Crippen LogP contribution in [0.25, 0.3) is 71.3 Å². The van der Waals surface area contributed by atoms with Gasteiger partial charge in [-0.3, -0.25) is 9.38 Å². The Balaban J connectivity index is 1.65. The van der Waals surface area contributed by atoms with Crippen LogP contribution < -0.4 is 0 Å². The lowest BCUT2D eigenvalue weighted by Gasteiger charge is -2.07. The summed E-state index contributed by atoms with van der Waals surface area (Å²) in [5, 5.41) is 6.44. The number of benzene rings is 3. The van der Waals surface area contributed by atoms with Gasteiger partial charge in [0.15, 0.2) is 5.65 Å². The van der Waals surface area contributed by atoms with Gasteiger partial charge in [0.1, 0.15) is 27.8 Å². The van der Waals surface area contributed by atoms with Crippen molar-refractivity contribution < 1.29 is 8.83 Å². The number of pyridine rings is 2. The van der Waals surface area contributed by atoms with Gasteiger partial charge in [-0.25, -0.2) is 4.98 Å². The number of fused-ring (bicyclic) bond motifs is 13. The molecule has 3 aromatic carbocycles. The number of rotatable bonds is 0. The highest BCUT2D eigenvalue weighted by atomic mass is 16.3. The molecule has 5 aromatic heterocycles. The molecule has 144 valence electrons. The van der Waals surface area contributed by atoms with Gasteiger partial charge in [0.2, 0.25) is 0 Å². The van der Waals surface area contributed by atoms with Gasteiger partial charge in [-0.15, -0.1) is 0 Å². The number of para-hydroxylation sites is 1. The van der Waals surface area contributed by atoms with Crippen LogP contribution in [-0.2, 0) is 0 Å². The van der Waals surface area contributed by atoms with E-state index in [1.807, 2.05) is 48.9 Å². The Morgan fingerprint density at radius 1 is 0.645 bits per heavy atom. The van der Waals surface area contributed by atoms with Gasteiger partial charge < -0.3 is 8.83 Å². The molecule has 0 aliphatic heterocycles. The molecule has 0 spiro atoms. The van der Waals surface area contributed by atoms with Gasteiger partial charge in [0.25, 0.3) is 0 Å². The van der Waals surface area contributed by atoms with Crippen LogP contribution in [0.15, 0.2) is 88.1 Å². The van der Waals surface area contributed by atoms with Crippen molar-refractivity contribution in [3.05, 3.63) is 79.3 Å². The lowest BCUT2D eigenvalue weighted by molar-refractivity contribution is 0.663. The van der Waals surface area contributed by atoms with Crippen molar-refractivity contribution in [3.8, 4) is 0 Å². The predicted octanol–water partition coefficient (Wildman–Crippen LogP) is 6.83. The summed E-state index contributed by atoms with van der Waals surface area (Å²) in [6.45, 7) is 0. The standard InChI is InChI=1S/C26H13N3O2/c1-2-6-20-14(4-1)16-7-8-21-23(25(16)31-20)18-12-17-15-5-3-9-27-24(15)26-28-10-11-29(26)19(17)13-22(18)30-21/h1-13H. The quantitative estimate of drug-likeness (QED) is 0.262. The zero-order valence-corrected chi connectivity index (χ0v) is 16.2. The molecular formula is C26H13N3O2. The van der Waals surface area contributed by atoms with E-state index >= 15 is 0 Å². The van der Waals surface area contributed by atoms with Gasteiger partial charge >= 0.3 is 0 Å². The molecule has 0 unspecified atom stereocenters. The average molecular weight is 399 g/mol. The van der Waals surface area contributed by atoms with Gasteiger partial charge in [-0.1, -0.05) is 24.3 Å². The molecular weight excluding hydrogens is 386 g/mol. The predicted molar refractivity (Wildman–Crippen MR) is 123 cm³/mol. The molecule has 0 bridgehead atoms. The van der Waals surface area contributed by atoms with Crippen LogP contribution in [0.4, 0.5) is 0 Å². The molecule has 8 rings (SSSR count). The summed E-state index contributed by atoms with van der Waals surface area (Å²) < 4.78 is 14.7. The Hall–Kier alpha value is -4.38. The molecule has 0 aliphatic carbocycles. The van der Waals surface area contributed by atoms with Crippen LogP contribution in [0.5, 0.6) is 0 Å².